The smallest absolute Gasteiger partial charge is 0.235 e. The van der Waals surface area contributed by atoms with Crippen molar-refractivity contribution in [2.75, 3.05) is 14.2 Å². The molecule has 3 aliphatic carbocycles. The largest absolute Gasteiger partial charge is 0.507 e. The Hall–Kier alpha value is -4.38. The predicted molar refractivity (Wildman–Crippen MR) is 135 cm³/mol. The van der Waals surface area contributed by atoms with Gasteiger partial charge < -0.3 is 25.5 Å². The first kappa shape index (κ1) is 26.2. The molecular weight excluding hydrogens is 508 g/mol. The summed E-state index contributed by atoms with van der Waals surface area (Å²) in [6.45, 7) is 0. The molecular formula is C28H26N2O9. The molecule has 0 heterocycles. The Morgan fingerprint density at radius 1 is 1.10 bits per heavy atom. The van der Waals surface area contributed by atoms with E-state index in [9.17, 15) is 34.2 Å². The standard InChI is InChI=1S/C28H26N2O9/c1-38-20-6-3-12(7-14(20)11-30-39-2)16-4-5-18(31)22-17(16)9-13-8-15-10-19(32)23(27(29)36)26(35)28(15,37)25(34)21(13)24(22)33/h3-7,11,13,15,21,23,31,37H,8-10H2,1-2H3,(H2,29,36)/t13-,15+,21?,23?,28+/m1/s1. The van der Waals surface area contributed by atoms with Crippen LogP contribution in [0.3, 0.4) is 0 Å². The zero-order valence-electron chi connectivity index (χ0n) is 21.2. The normalized spacial score (nSPS) is 28.1. The van der Waals surface area contributed by atoms with E-state index in [-0.39, 0.29) is 30.6 Å². The van der Waals surface area contributed by atoms with Crippen LogP contribution in [0.15, 0.2) is 35.5 Å². The fraction of sp³-hybridized carbons (Fsp3) is 0.357. The molecule has 0 aliphatic heterocycles. The number of methoxy groups -OCH3 is 1. The summed E-state index contributed by atoms with van der Waals surface area (Å²) in [5.74, 6) is -9.97. The van der Waals surface area contributed by atoms with Crippen molar-refractivity contribution in [2.45, 2.75) is 24.9 Å². The molecule has 11 nitrogen and oxygen atoms in total. The number of oxime groups is 1. The first-order valence-corrected chi connectivity index (χ1v) is 12.3. The molecule has 0 saturated heterocycles. The Kier molecular flexibility index (Phi) is 6.34. The minimum Gasteiger partial charge on any atom is -0.507 e. The number of nitrogens with zero attached hydrogens (tertiary/aromatic N) is 1. The van der Waals surface area contributed by atoms with Gasteiger partial charge in [-0.25, -0.2) is 0 Å². The lowest BCUT2D eigenvalue weighted by Crippen LogP contribution is -2.68. The molecule has 2 aromatic carbocycles. The van der Waals surface area contributed by atoms with E-state index in [1.165, 1.54) is 26.5 Å². The Balaban J connectivity index is 1.60. The Morgan fingerprint density at radius 2 is 1.85 bits per heavy atom. The van der Waals surface area contributed by atoms with Crippen molar-refractivity contribution < 1.29 is 43.8 Å². The van der Waals surface area contributed by atoms with Gasteiger partial charge in [0.15, 0.2) is 34.7 Å². The van der Waals surface area contributed by atoms with Gasteiger partial charge in [-0.15, -0.1) is 0 Å². The lowest BCUT2D eigenvalue weighted by molar-refractivity contribution is -0.175. The molecule has 2 unspecified atom stereocenters. The van der Waals surface area contributed by atoms with Gasteiger partial charge in [0.1, 0.15) is 18.6 Å². The van der Waals surface area contributed by atoms with E-state index >= 15 is 0 Å². The van der Waals surface area contributed by atoms with E-state index in [1.807, 2.05) is 0 Å². The highest BCUT2D eigenvalue weighted by Gasteiger charge is 2.66. The number of Topliss-reactive ketones (excluding diaryl/α,β-unsaturated/α-hetero) is 4. The monoisotopic (exact) mass is 534 g/mol. The summed E-state index contributed by atoms with van der Waals surface area (Å²) in [6.07, 6.45) is 1.26. The average molecular weight is 535 g/mol. The summed E-state index contributed by atoms with van der Waals surface area (Å²) in [6, 6.07) is 8.28. The maximum Gasteiger partial charge on any atom is 0.235 e. The van der Waals surface area contributed by atoms with Crippen LogP contribution in [-0.4, -0.2) is 65.3 Å². The number of phenolic OH excluding ortho intramolecular Hbond substituents is 1. The fourth-order valence-corrected chi connectivity index (χ4v) is 6.35. The number of fused-ring (bicyclic) bond motifs is 3. The van der Waals surface area contributed by atoms with Crippen LogP contribution >= 0.6 is 0 Å². The molecule has 2 aromatic rings. The zero-order valence-corrected chi connectivity index (χ0v) is 21.2. The minimum absolute atomic E-state index is 0.0184. The number of aromatic hydroxyl groups is 1. The summed E-state index contributed by atoms with van der Waals surface area (Å²) < 4.78 is 5.38. The second kappa shape index (κ2) is 9.42. The van der Waals surface area contributed by atoms with Crippen LogP contribution < -0.4 is 10.5 Å². The molecule has 2 saturated carbocycles. The van der Waals surface area contributed by atoms with Crippen molar-refractivity contribution >= 4 is 35.3 Å². The molecule has 0 spiro atoms. The number of nitrogens with two attached hydrogens (primary N) is 1. The molecule has 0 radical (unpaired) electrons. The van der Waals surface area contributed by atoms with E-state index in [2.05, 4.69) is 5.16 Å². The van der Waals surface area contributed by atoms with Gasteiger partial charge in [0.05, 0.1) is 24.8 Å². The molecule has 202 valence electrons. The van der Waals surface area contributed by atoms with Crippen LogP contribution in [0.25, 0.3) is 11.1 Å². The minimum atomic E-state index is -2.68. The number of primary amides is 1. The summed E-state index contributed by atoms with van der Waals surface area (Å²) in [4.78, 5) is 69.5. The van der Waals surface area contributed by atoms with E-state index in [0.717, 1.165) is 0 Å². The third-order valence-electron chi connectivity index (χ3n) is 8.12. The van der Waals surface area contributed by atoms with Gasteiger partial charge >= 0.3 is 0 Å². The summed E-state index contributed by atoms with van der Waals surface area (Å²) in [5, 5.41) is 25.8. The SMILES string of the molecule is CON=Cc1cc(-c2ccc(O)c3c2C[C@H]2C[C@H]4CC(=O)C(C(N)=O)C(=O)[C@@]4(O)C(=O)C2C3=O)ccc1OC. The summed E-state index contributed by atoms with van der Waals surface area (Å²) >= 11 is 0. The topological polar surface area (TPSA) is 183 Å². The molecule has 39 heavy (non-hydrogen) atoms. The maximum absolute atomic E-state index is 13.8. The van der Waals surface area contributed by atoms with Crippen molar-refractivity contribution in [3.8, 4) is 22.6 Å². The predicted octanol–water partition coefficient (Wildman–Crippen LogP) is 0.983. The van der Waals surface area contributed by atoms with Crippen molar-refractivity contribution in [3.63, 3.8) is 0 Å². The fourth-order valence-electron chi connectivity index (χ4n) is 6.35. The summed E-state index contributed by atoms with van der Waals surface area (Å²) in [7, 11) is 2.91. The van der Waals surface area contributed by atoms with Gasteiger partial charge in [0, 0.05) is 17.9 Å². The summed E-state index contributed by atoms with van der Waals surface area (Å²) in [5.41, 5.74) is 4.88. The van der Waals surface area contributed by atoms with Gasteiger partial charge in [-0.1, -0.05) is 17.3 Å². The zero-order chi connectivity index (χ0) is 28.2. The highest BCUT2D eigenvalue weighted by atomic mass is 16.6. The lowest BCUT2D eigenvalue weighted by Gasteiger charge is -2.48. The van der Waals surface area contributed by atoms with Crippen LogP contribution in [0.2, 0.25) is 0 Å². The Labute approximate surface area is 222 Å². The molecule has 11 heteroatoms. The number of phenols is 1. The van der Waals surface area contributed by atoms with Gasteiger partial charge in [-0.05, 0) is 53.6 Å². The van der Waals surface area contributed by atoms with E-state index < -0.39 is 58.3 Å². The Bertz CT molecular complexity index is 1480. The van der Waals surface area contributed by atoms with E-state index in [4.69, 9.17) is 15.3 Å². The van der Waals surface area contributed by atoms with Crippen LogP contribution in [0.1, 0.15) is 34.3 Å². The van der Waals surface area contributed by atoms with Gasteiger partial charge in [-0.2, -0.15) is 0 Å². The number of hydrogen-bond donors (Lipinski definition) is 3. The molecule has 2 fully saturated rings. The second-order valence-electron chi connectivity index (χ2n) is 10.1. The number of carbonyl (C=O) groups is 5. The number of amides is 1. The molecule has 0 bridgehead atoms. The first-order valence-electron chi connectivity index (χ1n) is 12.3. The van der Waals surface area contributed by atoms with Gasteiger partial charge in [0.2, 0.25) is 5.91 Å². The van der Waals surface area contributed by atoms with Crippen molar-refractivity contribution in [1.29, 1.82) is 0 Å². The number of carbonyl (C=O) groups excluding carboxylic acids is 5. The van der Waals surface area contributed by atoms with E-state index in [0.29, 0.717) is 28.0 Å². The number of rotatable bonds is 5. The molecule has 5 rings (SSSR count). The number of ketones is 4. The number of hydrogen-bond acceptors (Lipinski definition) is 10. The number of benzene rings is 2. The molecule has 5 atom stereocenters. The molecule has 4 N–H and O–H groups in total. The molecule has 1 amide bonds. The number of ether oxygens (including phenoxy) is 1. The van der Waals surface area contributed by atoms with E-state index in [1.54, 1.807) is 24.3 Å². The third-order valence-corrected chi connectivity index (χ3v) is 8.12. The average Bonchev–Trinajstić information content (AvgIpc) is 2.89. The van der Waals surface area contributed by atoms with Crippen LogP contribution in [-0.2, 0) is 30.4 Å². The second-order valence-corrected chi connectivity index (χ2v) is 10.1. The number of aliphatic hydroxyl groups is 1. The Morgan fingerprint density at radius 3 is 2.51 bits per heavy atom. The van der Waals surface area contributed by atoms with Gasteiger partial charge in [0.25, 0.3) is 0 Å². The highest BCUT2D eigenvalue weighted by molar-refractivity contribution is 6.31. The first-order chi connectivity index (χ1) is 18.5. The third kappa shape index (κ3) is 3.84. The van der Waals surface area contributed by atoms with Gasteiger partial charge in [-0.3, -0.25) is 24.0 Å². The van der Waals surface area contributed by atoms with Crippen molar-refractivity contribution in [3.05, 3.63) is 47.0 Å². The highest BCUT2D eigenvalue weighted by Crippen LogP contribution is 2.51. The lowest BCUT2D eigenvalue weighted by atomic mass is 9.53. The van der Waals surface area contributed by atoms with Crippen molar-refractivity contribution in [1.82, 2.24) is 0 Å². The molecule has 3 aliphatic rings. The quantitative estimate of drug-likeness (QED) is 0.286. The molecule has 0 aromatic heterocycles. The van der Waals surface area contributed by atoms with Crippen molar-refractivity contribution in [2.24, 2.45) is 34.6 Å². The maximum atomic E-state index is 13.8. The van der Waals surface area contributed by atoms with Crippen LogP contribution in [0.5, 0.6) is 11.5 Å². The van der Waals surface area contributed by atoms with Crippen LogP contribution in [0, 0.1) is 23.7 Å². The van der Waals surface area contributed by atoms with Crippen LogP contribution in [0.4, 0.5) is 0 Å².